The van der Waals surface area contributed by atoms with Gasteiger partial charge in [-0.3, -0.25) is 4.79 Å². The van der Waals surface area contributed by atoms with Gasteiger partial charge in [0, 0.05) is 24.0 Å². The molecule has 0 radical (unpaired) electrons. The molecule has 1 heterocycles. The Morgan fingerprint density at radius 2 is 2.00 bits per heavy atom. The van der Waals surface area contributed by atoms with Gasteiger partial charge in [0.15, 0.2) is 0 Å². The summed E-state index contributed by atoms with van der Waals surface area (Å²) in [6.45, 7) is 2.66. The number of primary amides is 1. The van der Waals surface area contributed by atoms with E-state index in [1.54, 1.807) is 19.1 Å². The molecule has 0 unspecified atom stereocenters. The highest BCUT2D eigenvalue weighted by Crippen LogP contribution is 2.28. The number of rotatable bonds is 4. The number of carbonyl (C=O) groups is 1. The summed E-state index contributed by atoms with van der Waals surface area (Å²) in [6, 6.07) is 5.25. The zero-order valence-electron chi connectivity index (χ0n) is 11.9. The van der Waals surface area contributed by atoms with Gasteiger partial charge in [0.25, 0.3) is 0 Å². The minimum absolute atomic E-state index is 0.192. The van der Waals surface area contributed by atoms with Crippen molar-refractivity contribution in [2.24, 2.45) is 11.7 Å². The molecular weight excluding hydrogens is 356 g/mol. The van der Waals surface area contributed by atoms with E-state index in [9.17, 15) is 13.2 Å². The smallest absolute Gasteiger partial charge is 0.243 e. The largest absolute Gasteiger partial charge is 0.370 e. The van der Waals surface area contributed by atoms with Gasteiger partial charge in [0.1, 0.15) is 0 Å². The van der Waals surface area contributed by atoms with Crippen LogP contribution in [0.4, 0.5) is 0 Å². The third-order valence-electron chi connectivity index (χ3n) is 3.83. The summed E-state index contributed by atoms with van der Waals surface area (Å²) in [5.41, 5.74) is 5.93. The minimum Gasteiger partial charge on any atom is -0.370 e. The molecule has 0 aromatic heterocycles. The number of benzene rings is 1. The Labute approximate surface area is 133 Å². The lowest BCUT2D eigenvalue weighted by atomic mass is 9.94. The van der Waals surface area contributed by atoms with Crippen molar-refractivity contribution >= 4 is 31.9 Å². The van der Waals surface area contributed by atoms with Crippen LogP contribution in [0.15, 0.2) is 27.6 Å². The summed E-state index contributed by atoms with van der Waals surface area (Å²) >= 11 is 3.32. The van der Waals surface area contributed by atoms with Crippen molar-refractivity contribution in [3.8, 4) is 0 Å². The molecule has 0 aliphatic carbocycles. The van der Waals surface area contributed by atoms with Crippen LogP contribution in [-0.4, -0.2) is 31.7 Å². The standard InChI is InChI=1S/C14H19BrN2O3S/c1-10-2-3-12(15)9-13(10)21(19,20)17-6-4-11(5-7-17)8-14(16)18/h2-3,9,11H,4-8H2,1H3,(H2,16,18). The Balaban J connectivity index is 2.15. The van der Waals surface area contributed by atoms with Gasteiger partial charge in [0.05, 0.1) is 4.90 Å². The summed E-state index contributed by atoms with van der Waals surface area (Å²) in [4.78, 5) is 11.3. The van der Waals surface area contributed by atoms with Gasteiger partial charge in [-0.15, -0.1) is 0 Å². The quantitative estimate of drug-likeness (QED) is 0.875. The summed E-state index contributed by atoms with van der Waals surface area (Å²) < 4.78 is 27.7. The Morgan fingerprint density at radius 1 is 1.38 bits per heavy atom. The van der Waals surface area contributed by atoms with E-state index in [1.165, 1.54) is 4.31 Å². The predicted octanol–water partition coefficient (Wildman–Crippen LogP) is 2.03. The van der Waals surface area contributed by atoms with E-state index in [4.69, 9.17) is 5.73 Å². The lowest BCUT2D eigenvalue weighted by Crippen LogP contribution is -2.39. The van der Waals surface area contributed by atoms with Gasteiger partial charge in [-0.05, 0) is 43.4 Å². The first-order valence-corrected chi connectivity index (χ1v) is 9.08. The summed E-state index contributed by atoms with van der Waals surface area (Å²) in [5, 5.41) is 0. The molecule has 0 bridgehead atoms. The lowest BCUT2D eigenvalue weighted by Gasteiger charge is -2.31. The van der Waals surface area contributed by atoms with E-state index in [1.807, 2.05) is 6.07 Å². The molecule has 1 aliphatic heterocycles. The van der Waals surface area contributed by atoms with E-state index in [0.29, 0.717) is 37.2 Å². The van der Waals surface area contributed by atoms with Crippen LogP contribution in [0.2, 0.25) is 0 Å². The molecular formula is C14H19BrN2O3S. The number of hydrogen-bond donors (Lipinski definition) is 1. The fourth-order valence-electron chi connectivity index (χ4n) is 2.63. The minimum atomic E-state index is -3.48. The Kier molecular flexibility index (Phi) is 5.06. The van der Waals surface area contributed by atoms with E-state index in [-0.39, 0.29) is 11.8 Å². The first-order chi connectivity index (χ1) is 9.80. The van der Waals surface area contributed by atoms with Gasteiger partial charge >= 0.3 is 0 Å². The van der Waals surface area contributed by atoms with Gasteiger partial charge in [0.2, 0.25) is 15.9 Å². The number of sulfonamides is 1. The van der Waals surface area contributed by atoms with Gasteiger partial charge in [-0.2, -0.15) is 4.31 Å². The summed E-state index contributed by atoms with van der Waals surface area (Å²) in [7, 11) is -3.48. The average molecular weight is 375 g/mol. The summed E-state index contributed by atoms with van der Waals surface area (Å²) in [6.07, 6.45) is 1.69. The number of halogens is 1. The highest BCUT2D eigenvalue weighted by atomic mass is 79.9. The van der Waals surface area contributed by atoms with E-state index < -0.39 is 10.0 Å². The molecule has 1 amide bonds. The molecule has 7 heteroatoms. The molecule has 0 atom stereocenters. The second-order valence-electron chi connectivity index (χ2n) is 5.43. The molecule has 1 saturated heterocycles. The number of nitrogens with two attached hydrogens (primary N) is 1. The van der Waals surface area contributed by atoms with E-state index >= 15 is 0 Å². The van der Waals surface area contributed by atoms with Crippen molar-refractivity contribution < 1.29 is 13.2 Å². The lowest BCUT2D eigenvalue weighted by molar-refractivity contribution is -0.119. The second kappa shape index (κ2) is 6.46. The van der Waals surface area contributed by atoms with Gasteiger partial charge in [-0.1, -0.05) is 22.0 Å². The second-order valence-corrected chi connectivity index (χ2v) is 8.25. The van der Waals surface area contributed by atoms with Crippen molar-refractivity contribution in [3.05, 3.63) is 28.2 Å². The summed E-state index contributed by atoms with van der Waals surface area (Å²) in [5.74, 6) is -0.128. The van der Waals surface area contributed by atoms with E-state index in [2.05, 4.69) is 15.9 Å². The highest BCUT2D eigenvalue weighted by molar-refractivity contribution is 9.10. The zero-order chi connectivity index (χ0) is 15.6. The van der Waals surface area contributed by atoms with Crippen LogP contribution in [0.25, 0.3) is 0 Å². The van der Waals surface area contributed by atoms with Crippen molar-refractivity contribution in [3.63, 3.8) is 0 Å². The topological polar surface area (TPSA) is 80.5 Å². The van der Waals surface area contributed by atoms with Crippen LogP contribution >= 0.6 is 15.9 Å². The van der Waals surface area contributed by atoms with Crippen LogP contribution in [0.3, 0.4) is 0 Å². The Bertz CT molecular complexity index is 638. The zero-order valence-corrected chi connectivity index (χ0v) is 14.3. The first kappa shape index (κ1) is 16.5. The molecule has 1 fully saturated rings. The molecule has 1 aromatic carbocycles. The number of piperidine rings is 1. The maximum absolute atomic E-state index is 12.7. The molecule has 21 heavy (non-hydrogen) atoms. The maximum atomic E-state index is 12.7. The number of amides is 1. The molecule has 5 nitrogen and oxygen atoms in total. The molecule has 116 valence electrons. The van der Waals surface area contributed by atoms with Crippen molar-refractivity contribution in [1.82, 2.24) is 4.31 Å². The maximum Gasteiger partial charge on any atom is 0.243 e. The molecule has 2 N–H and O–H groups in total. The van der Waals surface area contributed by atoms with Crippen LogP contribution in [-0.2, 0) is 14.8 Å². The van der Waals surface area contributed by atoms with Crippen molar-refractivity contribution in [1.29, 1.82) is 0 Å². The third kappa shape index (κ3) is 3.84. The van der Waals surface area contributed by atoms with Crippen LogP contribution in [0.5, 0.6) is 0 Å². The van der Waals surface area contributed by atoms with Gasteiger partial charge < -0.3 is 5.73 Å². The molecule has 1 aliphatic rings. The molecule has 2 rings (SSSR count). The molecule has 0 saturated carbocycles. The van der Waals surface area contributed by atoms with Crippen molar-refractivity contribution in [2.75, 3.05) is 13.1 Å². The highest BCUT2D eigenvalue weighted by Gasteiger charge is 2.30. The van der Waals surface area contributed by atoms with Gasteiger partial charge in [-0.25, -0.2) is 8.42 Å². The monoisotopic (exact) mass is 374 g/mol. The normalized spacial score (nSPS) is 17.8. The number of hydrogen-bond acceptors (Lipinski definition) is 3. The average Bonchev–Trinajstić information content (AvgIpc) is 2.41. The third-order valence-corrected chi connectivity index (χ3v) is 6.37. The fraction of sp³-hybridized carbons (Fsp3) is 0.500. The first-order valence-electron chi connectivity index (χ1n) is 6.85. The Hall–Kier alpha value is -0.920. The molecule has 1 aromatic rings. The number of carbonyl (C=O) groups excluding carboxylic acids is 1. The predicted molar refractivity (Wildman–Crippen MR) is 84.2 cm³/mol. The van der Waals surface area contributed by atoms with Crippen LogP contribution in [0.1, 0.15) is 24.8 Å². The Morgan fingerprint density at radius 3 is 2.57 bits per heavy atom. The number of nitrogens with zero attached hydrogens (tertiary/aromatic N) is 1. The number of aryl methyl sites for hydroxylation is 1. The van der Waals surface area contributed by atoms with Crippen LogP contribution < -0.4 is 5.73 Å². The fourth-order valence-corrected chi connectivity index (χ4v) is 4.86. The van der Waals surface area contributed by atoms with Crippen molar-refractivity contribution in [2.45, 2.75) is 31.1 Å². The molecule has 0 spiro atoms. The van der Waals surface area contributed by atoms with E-state index in [0.717, 1.165) is 10.0 Å². The SMILES string of the molecule is Cc1ccc(Br)cc1S(=O)(=O)N1CCC(CC(N)=O)CC1. The van der Waals surface area contributed by atoms with Crippen LogP contribution in [0, 0.1) is 12.8 Å².